The van der Waals surface area contributed by atoms with Gasteiger partial charge in [-0.25, -0.2) is 0 Å². The Bertz CT molecular complexity index is 121. The van der Waals surface area contributed by atoms with Crippen molar-refractivity contribution in [3.63, 3.8) is 0 Å². The molecule has 0 radical (unpaired) electrons. The number of nitrogens with one attached hydrogen (secondary N) is 1. The van der Waals surface area contributed by atoms with Gasteiger partial charge in [-0.15, -0.1) is 0 Å². The van der Waals surface area contributed by atoms with Gasteiger partial charge in [0.2, 0.25) is 0 Å². The third kappa shape index (κ3) is 0.778. The van der Waals surface area contributed by atoms with E-state index in [2.05, 4.69) is 10.2 Å². The van der Waals surface area contributed by atoms with Gasteiger partial charge in [-0.05, 0) is 0 Å². The lowest BCUT2D eigenvalue weighted by Gasteiger charge is -1.77. The van der Waals surface area contributed by atoms with Crippen molar-refractivity contribution in [3.05, 3.63) is 18.0 Å². The zero-order valence-corrected chi connectivity index (χ0v) is 3.89. The minimum absolute atomic E-state index is 0.566. The summed E-state index contributed by atoms with van der Waals surface area (Å²) in [7, 11) is 0. The maximum Gasteiger partial charge on any atom is 0.0532 e. The molecule has 0 bridgehead atoms. The molecule has 0 saturated carbocycles. The van der Waals surface area contributed by atoms with Gasteiger partial charge in [0.25, 0.3) is 0 Å². The topological polar surface area (TPSA) is 54.7 Å². The summed E-state index contributed by atoms with van der Waals surface area (Å²) < 4.78 is 0. The first-order valence-electron chi connectivity index (χ1n) is 2.11. The molecule has 38 valence electrons. The summed E-state index contributed by atoms with van der Waals surface area (Å²) in [5.74, 6) is 0. The Balaban J connectivity index is 2.76. The molecule has 0 spiro atoms. The highest BCUT2D eigenvalue weighted by molar-refractivity contribution is 5.00. The van der Waals surface area contributed by atoms with Gasteiger partial charge < -0.3 is 5.73 Å². The van der Waals surface area contributed by atoms with Gasteiger partial charge >= 0.3 is 0 Å². The second-order valence-corrected chi connectivity index (χ2v) is 1.31. The standard InChI is InChI=1S/C4H7N3/c5-1-4-2-6-7-3-4/h2-3H,1,5H2,(H,6,7). The molecule has 1 aromatic rings. The van der Waals surface area contributed by atoms with E-state index < -0.39 is 0 Å². The fourth-order valence-electron chi connectivity index (χ4n) is 0.389. The first-order chi connectivity index (χ1) is 3.43. The third-order valence-corrected chi connectivity index (χ3v) is 0.791. The van der Waals surface area contributed by atoms with Crippen LogP contribution >= 0.6 is 0 Å². The normalized spacial score (nSPS) is 9.29. The molecule has 0 aliphatic rings. The van der Waals surface area contributed by atoms with Crippen molar-refractivity contribution in [2.75, 3.05) is 0 Å². The molecule has 0 unspecified atom stereocenters. The first-order valence-corrected chi connectivity index (χ1v) is 2.11. The molecule has 1 aromatic heterocycles. The van der Waals surface area contributed by atoms with E-state index >= 15 is 0 Å². The summed E-state index contributed by atoms with van der Waals surface area (Å²) in [6, 6.07) is 0. The van der Waals surface area contributed by atoms with E-state index in [1.54, 1.807) is 12.4 Å². The van der Waals surface area contributed by atoms with E-state index in [1.165, 1.54) is 0 Å². The van der Waals surface area contributed by atoms with Crippen molar-refractivity contribution in [1.82, 2.24) is 10.2 Å². The monoisotopic (exact) mass is 97.1 g/mol. The number of H-pyrrole nitrogens is 1. The molecule has 7 heavy (non-hydrogen) atoms. The minimum Gasteiger partial charge on any atom is -0.326 e. The lowest BCUT2D eigenvalue weighted by atomic mass is 10.4. The molecule has 0 atom stereocenters. The second kappa shape index (κ2) is 1.75. The van der Waals surface area contributed by atoms with Crippen LogP contribution in [0.2, 0.25) is 0 Å². The summed E-state index contributed by atoms with van der Waals surface area (Å²) in [5.41, 5.74) is 6.28. The van der Waals surface area contributed by atoms with E-state index in [0.29, 0.717) is 6.54 Å². The Labute approximate surface area is 41.5 Å². The molecule has 3 nitrogen and oxygen atoms in total. The van der Waals surface area contributed by atoms with Gasteiger partial charge in [0.15, 0.2) is 0 Å². The molecule has 0 aliphatic carbocycles. The number of hydrogen-bond acceptors (Lipinski definition) is 2. The largest absolute Gasteiger partial charge is 0.326 e. The molecule has 3 heteroatoms. The molecule has 0 saturated heterocycles. The molecule has 0 aliphatic heterocycles. The Kier molecular flexibility index (Phi) is 1.08. The molecule has 0 fully saturated rings. The number of aromatic amines is 1. The lowest BCUT2D eigenvalue weighted by molar-refractivity contribution is 1.07. The Morgan fingerprint density at radius 3 is 3.00 bits per heavy atom. The van der Waals surface area contributed by atoms with Crippen LogP contribution in [0.3, 0.4) is 0 Å². The third-order valence-electron chi connectivity index (χ3n) is 0.791. The van der Waals surface area contributed by atoms with Crippen LogP contribution in [0.5, 0.6) is 0 Å². The summed E-state index contributed by atoms with van der Waals surface area (Å²) >= 11 is 0. The smallest absolute Gasteiger partial charge is 0.0532 e. The van der Waals surface area contributed by atoms with Crippen LogP contribution < -0.4 is 5.73 Å². The highest BCUT2D eigenvalue weighted by Gasteiger charge is 1.83. The number of hydrogen-bond donors (Lipinski definition) is 2. The van der Waals surface area contributed by atoms with Crippen molar-refractivity contribution in [3.8, 4) is 0 Å². The van der Waals surface area contributed by atoms with Gasteiger partial charge in [-0.1, -0.05) is 0 Å². The fraction of sp³-hybridized carbons (Fsp3) is 0.250. The van der Waals surface area contributed by atoms with Crippen LogP contribution in [-0.4, -0.2) is 10.2 Å². The zero-order chi connectivity index (χ0) is 5.11. The maximum atomic E-state index is 5.23. The van der Waals surface area contributed by atoms with Gasteiger partial charge in [0, 0.05) is 18.3 Å². The first kappa shape index (κ1) is 4.33. The predicted molar refractivity (Wildman–Crippen MR) is 26.5 cm³/mol. The fourth-order valence-corrected chi connectivity index (χ4v) is 0.389. The van der Waals surface area contributed by atoms with Crippen LogP contribution in [0.4, 0.5) is 0 Å². The highest BCUT2D eigenvalue weighted by Crippen LogP contribution is 1.87. The van der Waals surface area contributed by atoms with Crippen LogP contribution in [0.1, 0.15) is 5.56 Å². The second-order valence-electron chi connectivity index (χ2n) is 1.31. The van der Waals surface area contributed by atoms with Crippen molar-refractivity contribution in [2.24, 2.45) is 5.73 Å². The van der Waals surface area contributed by atoms with E-state index in [9.17, 15) is 0 Å². The van der Waals surface area contributed by atoms with Gasteiger partial charge in [0.1, 0.15) is 0 Å². The van der Waals surface area contributed by atoms with Crippen LogP contribution in [0.15, 0.2) is 12.4 Å². The van der Waals surface area contributed by atoms with Gasteiger partial charge in [0.05, 0.1) is 6.20 Å². The predicted octanol–water partition coefficient (Wildman–Crippen LogP) is -0.132. The van der Waals surface area contributed by atoms with Crippen LogP contribution in [-0.2, 0) is 6.54 Å². The van der Waals surface area contributed by atoms with Crippen molar-refractivity contribution in [1.29, 1.82) is 0 Å². The minimum atomic E-state index is 0.566. The molecule has 0 aromatic carbocycles. The van der Waals surface area contributed by atoms with Crippen LogP contribution in [0.25, 0.3) is 0 Å². The average molecular weight is 97.1 g/mol. The SMILES string of the molecule is NCc1cn[nH]c1. The molecule has 3 N–H and O–H groups in total. The Hall–Kier alpha value is -0.830. The zero-order valence-electron chi connectivity index (χ0n) is 3.89. The number of rotatable bonds is 1. The molecule has 1 rings (SSSR count). The van der Waals surface area contributed by atoms with Gasteiger partial charge in [-0.3, -0.25) is 5.10 Å². The summed E-state index contributed by atoms with van der Waals surface area (Å²) in [5, 5.41) is 6.34. The summed E-state index contributed by atoms with van der Waals surface area (Å²) in [6.07, 6.45) is 3.49. The number of aromatic nitrogens is 2. The van der Waals surface area contributed by atoms with E-state index in [0.717, 1.165) is 5.56 Å². The van der Waals surface area contributed by atoms with E-state index in [1.807, 2.05) is 0 Å². The van der Waals surface area contributed by atoms with E-state index in [-0.39, 0.29) is 0 Å². The molecule has 1 heterocycles. The van der Waals surface area contributed by atoms with E-state index in [4.69, 9.17) is 5.73 Å². The van der Waals surface area contributed by atoms with Gasteiger partial charge in [-0.2, -0.15) is 5.10 Å². The highest BCUT2D eigenvalue weighted by atomic mass is 15.1. The number of nitrogens with two attached hydrogens (primary N) is 1. The molecule has 0 amide bonds. The molecular weight excluding hydrogens is 90.1 g/mol. The van der Waals surface area contributed by atoms with Crippen LogP contribution in [0, 0.1) is 0 Å². The Morgan fingerprint density at radius 1 is 1.86 bits per heavy atom. The lowest BCUT2D eigenvalue weighted by Crippen LogP contribution is -1.92. The maximum absolute atomic E-state index is 5.23. The van der Waals surface area contributed by atoms with Crippen molar-refractivity contribution in [2.45, 2.75) is 6.54 Å². The summed E-state index contributed by atoms with van der Waals surface area (Å²) in [6.45, 7) is 0.566. The van der Waals surface area contributed by atoms with Crippen molar-refractivity contribution < 1.29 is 0 Å². The number of nitrogens with zero attached hydrogens (tertiary/aromatic N) is 1. The summed E-state index contributed by atoms with van der Waals surface area (Å²) in [4.78, 5) is 0. The van der Waals surface area contributed by atoms with Crippen molar-refractivity contribution >= 4 is 0 Å². The quantitative estimate of drug-likeness (QED) is 0.512. The Morgan fingerprint density at radius 2 is 2.71 bits per heavy atom. The molecular formula is C4H7N3. The average Bonchev–Trinajstić information content (AvgIpc) is 2.14.